The Labute approximate surface area is 198 Å². The van der Waals surface area contributed by atoms with Crippen LogP contribution in [0.3, 0.4) is 0 Å². The van der Waals surface area contributed by atoms with E-state index in [1.165, 1.54) is 20.3 Å². The van der Waals surface area contributed by atoms with E-state index in [0.29, 0.717) is 28.7 Å². The van der Waals surface area contributed by atoms with Gasteiger partial charge in [0.25, 0.3) is 5.91 Å². The van der Waals surface area contributed by atoms with Crippen molar-refractivity contribution in [2.24, 2.45) is 0 Å². The zero-order valence-corrected chi connectivity index (χ0v) is 19.5. The molecule has 1 N–H and O–H groups in total. The van der Waals surface area contributed by atoms with Gasteiger partial charge in [0.2, 0.25) is 0 Å². The molecule has 3 rings (SSSR count). The minimum atomic E-state index is -0.526. The summed E-state index contributed by atoms with van der Waals surface area (Å²) in [5.41, 5.74) is 2.62. The summed E-state index contributed by atoms with van der Waals surface area (Å²) in [6, 6.07) is 17.3. The van der Waals surface area contributed by atoms with Crippen molar-refractivity contribution in [3.8, 4) is 23.0 Å². The SMILES string of the molecule is COc1ccc(C)cc1COC(=O)c1ccc(OCC(=O)Nc2ccccc2OC)c(OC)c1. The molecule has 0 bridgehead atoms. The summed E-state index contributed by atoms with van der Waals surface area (Å²) in [6.45, 7) is 1.75. The lowest BCUT2D eigenvalue weighted by Crippen LogP contribution is -2.20. The molecule has 0 fully saturated rings. The zero-order chi connectivity index (χ0) is 24.5. The van der Waals surface area contributed by atoms with Gasteiger partial charge >= 0.3 is 5.97 Å². The fourth-order valence-corrected chi connectivity index (χ4v) is 3.24. The molecule has 0 aliphatic carbocycles. The van der Waals surface area contributed by atoms with E-state index in [4.69, 9.17) is 23.7 Å². The first-order chi connectivity index (χ1) is 16.4. The number of carbonyl (C=O) groups is 2. The van der Waals surface area contributed by atoms with Crippen LogP contribution in [0.5, 0.6) is 23.0 Å². The Morgan fingerprint density at radius 2 is 1.50 bits per heavy atom. The molecule has 0 aromatic heterocycles. The fourth-order valence-electron chi connectivity index (χ4n) is 3.24. The van der Waals surface area contributed by atoms with Gasteiger partial charge in [-0.05, 0) is 49.4 Å². The number of nitrogens with one attached hydrogen (secondary N) is 1. The van der Waals surface area contributed by atoms with E-state index < -0.39 is 5.97 Å². The molecule has 178 valence electrons. The summed E-state index contributed by atoms with van der Waals surface area (Å²) >= 11 is 0. The van der Waals surface area contributed by atoms with Gasteiger partial charge < -0.3 is 29.0 Å². The molecule has 0 radical (unpaired) electrons. The van der Waals surface area contributed by atoms with Gasteiger partial charge in [0, 0.05) is 5.56 Å². The summed E-state index contributed by atoms with van der Waals surface area (Å²) in [7, 11) is 4.54. The number of amides is 1. The molecule has 0 saturated heterocycles. The van der Waals surface area contributed by atoms with E-state index in [0.717, 1.165) is 11.1 Å². The number of hydrogen-bond acceptors (Lipinski definition) is 7. The third kappa shape index (κ3) is 6.19. The van der Waals surface area contributed by atoms with Crippen LogP contribution in [0.2, 0.25) is 0 Å². The maximum Gasteiger partial charge on any atom is 0.338 e. The van der Waals surface area contributed by atoms with Gasteiger partial charge in [-0.15, -0.1) is 0 Å². The van der Waals surface area contributed by atoms with Gasteiger partial charge in [-0.25, -0.2) is 4.79 Å². The Bertz CT molecular complexity index is 1160. The molecule has 0 spiro atoms. The molecular weight excluding hydrogens is 438 g/mol. The molecule has 0 atom stereocenters. The topological polar surface area (TPSA) is 92.3 Å². The van der Waals surface area contributed by atoms with Gasteiger partial charge in [-0.2, -0.15) is 0 Å². The molecular formula is C26H27NO7. The first kappa shape index (κ1) is 24.4. The minimum Gasteiger partial charge on any atom is -0.496 e. The second-order valence-electron chi connectivity index (χ2n) is 7.29. The highest BCUT2D eigenvalue weighted by Gasteiger charge is 2.15. The first-order valence-corrected chi connectivity index (χ1v) is 10.5. The van der Waals surface area contributed by atoms with Crippen molar-refractivity contribution in [1.29, 1.82) is 0 Å². The van der Waals surface area contributed by atoms with E-state index in [-0.39, 0.29) is 24.7 Å². The van der Waals surface area contributed by atoms with E-state index >= 15 is 0 Å². The zero-order valence-electron chi connectivity index (χ0n) is 19.5. The molecule has 8 heteroatoms. The van der Waals surface area contributed by atoms with Gasteiger partial charge in [0.15, 0.2) is 18.1 Å². The Balaban J connectivity index is 1.62. The minimum absolute atomic E-state index is 0.0629. The van der Waals surface area contributed by atoms with Crippen LogP contribution in [0.15, 0.2) is 60.7 Å². The number of methoxy groups -OCH3 is 3. The highest BCUT2D eigenvalue weighted by molar-refractivity contribution is 5.93. The Morgan fingerprint density at radius 3 is 2.24 bits per heavy atom. The molecule has 3 aromatic carbocycles. The lowest BCUT2D eigenvalue weighted by molar-refractivity contribution is -0.118. The van der Waals surface area contributed by atoms with Crippen LogP contribution < -0.4 is 24.3 Å². The third-order valence-corrected chi connectivity index (χ3v) is 4.93. The first-order valence-electron chi connectivity index (χ1n) is 10.5. The van der Waals surface area contributed by atoms with Crippen LogP contribution in [-0.2, 0) is 16.1 Å². The number of anilines is 1. The predicted octanol–water partition coefficient (Wildman–Crippen LogP) is 4.40. The smallest absolute Gasteiger partial charge is 0.338 e. The quantitative estimate of drug-likeness (QED) is 0.444. The monoisotopic (exact) mass is 465 g/mol. The van der Waals surface area contributed by atoms with Crippen molar-refractivity contribution in [3.05, 3.63) is 77.4 Å². The number of benzene rings is 3. The Kier molecular flexibility index (Phi) is 8.34. The second-order valence-corrected chi connectivity index (χ2v) is 7.29. The van der Waals surface area contributed by atoms with Crippen LogP contribution >= 0.6 is 0 Å². The average molecular weight is 466 g/mol. The van der Waals surface area contributed by atoms with Gasteiger partial charge in [-0.3, -0.25) is 4.79 Å². The second kappa shape index (κ2) is 11.6. The van der Waals surface area contributed by atoms with Crippen LogP contribution in [0.25, 0.3) is 0 Å². The number of para-hydroxylation sites is 2. The van der Waals surface area contributed by atoms with Crippen LogP contribution in [0.1, 0.15) is 21.5 Å². The van der Waals surface area contributed by atoms with Crippen molar-refractivity contribution in [3.63, 3.8) is 0 Å². The normalized spacial score (nSPS) is 10.2. The van der Waals surface area contributed by atoms with Crippen LogP contribution in [0, 0.1) is 6.92 Å². The number of ether oxygens (including phenoxy) is 5. The molecule has 1 amide bonds. The standard InChI is InChI=1S/C26H27NO7/c1-17-9-11-21(30-2)19(13-17)15-34-26(29)18-10-12-23(24(14-18)32-4)33-16-25(28)27-20-7-5-6-8-22(20)31-3/h5-14H,15-16H2,1-4H3,(H,27,28). The molecule has 0 aliphatic heterocycles. The molecule has 0 heterocycles. The number of esters is 1. The molecule has 3 aromatic rings. The van der Waals surface area contributed by atoms with Crippen molar-refractivity contribution in [1.82, 2.24) is 0 Å². The van der Waals surface area contributed by atoms with Crippen LogP contribution in [0.4, 0.5) is 5.69 Å². The van der Waals surface area contributed by atoms with Crippen molar-refractivity contribution >= 4 is 17.6 Å². The van der Waals surface area contributed by atoms with Gasteiger partial charge in [0.05, 0.1) is 32.6 Å². The van der Waals surface area contributed by atoms with Crippen molar-refractivity contribution in [2.75, 3.05) is 33.3 Å². The fraction of sp³-hybridized carbons (Fsp3) is 0.231. The molecule has 0 saturated carbocycles. The Morgan fingerprint density at radius 1 is 0.794 bits per heavy atom. The van der Waals surface area contributed by atoms with E-state index in [9.17, 15) is 9.59 Å². The van der Waals surface area contributed by atoms with Gasteiger partial charge in [-0.1, -0.05) is 23.8 Å². The summed E-state index contributed by atoms with van der Waals surface area (Å²) in [4.78, 5) is 24.9. The molecule has 0 aliphatic rings. The number of aryl methyl sites for hydroxylation is 1. The molecule has 34 heavy (non-hydrogen) atoms. The summed E-state index contributed by atoms with van der Waals surface area (Å²) in [5, 5.41) is 2.73. The van der Waals surface area contributed by atoms with Crippen molar-refractivity contribution in [2.45, 2.75) is 13.5 Å². The van der Waals surface area contributed by atoms with Crippen molar-refractivity contribution < 1.29 is 33.3 Å². The third-order valence-electron chi connectivity index (χ3n) is 4.93. The average Bonchev–Trinajstić information content (AvgIpc) is 2.86. The number of rotatable bonds is 10. The van der Waals surface area contributed by atoms with E-state index in [1.807, 2.05) is 25.1 Å². The molecule has 8 nitrogen and oxygen atoms in total. The number of carbonyl (C=O) groups excluding carboxylic acids is 2. The van der Waals surface area contributed by atoms with Gasteiger partial charge in [0.1, 0.15) is 18.1 Å². The maximum atomic E-state index is 12.6. The van der Waals surface area contributed by atoms with E-state index in [1.54, 1.807) is 43.5 Å². The lowest BCUT2D eigenvalue weighted by Gasteiger charge is -2.14. The van der Waals surface area contributed by atoms with E-state index in [2.05, 4.69) is 5.32 Å². The summed E-state index contributed by atoms with van der Waals surface area (Å²) in [6.07, 6.45) is 0. The number of hydrogen-bond donors (Lipinski definition) is 1. The highest BCUT2D eigenvalue weighted by atomic mass is 16.5. The molecule has 0 unspecified atom stereocenters. The summed E-state index contributed by atoms with van der Waals surface area (Å²) < 4.78 is 26.9. The lowest BCUT2D eigenvalue weighted by atomic mass is 10.1. The maximum absolute atomic E-state index is 12.6. The predicted molar refractivity (Wildman–Crippen MR) is 127 cm³/mol. The Hall–Kier alpha value is -4.20. The van der Waals surface area contributed by atoms with Crippen LogP contribution in [-0.4, -0.2) is 39.8 Å². The largest absolute Gasteiger partial charge is 0.496 e. The highest BCUT2D eigenvalue weighted by Crippen LogP contribution is 2.29. The summed E-state index contributed by atoms with van der Waals surface area (Å²) in [5.74, 6) is 0.900.